The van der Waals surface area contributed by atoms with E-state index in [-0.39, 0.29) is 0 Å². The summed E-state index contributed by atoms with van der Waals surface area (Å²) in [7, 11) is 1.64. The molecule has 0 aliphatic rings. The van der Waals surface area contributed by atoms with E-state index >= 15 is 0 Å². The maximum Gasteiger partial charge on any atom is 0.151 e. The number of aromatic nitrogens is 3. The van der Waals surface area contributed by atoms with Crippen molar-refractivity contribution in [1.29, 1.82) is 0 Å². The fourth-order valence-electron chi connectivity index (χ4n) is 3.05. The quantitative estimate of drug-likeness (QED) is 0.352. The van der Waals surface area contributed by atoms with Crippen molar-refractivity contribution in [3.63, 3.8) is 0 Å². The molecule has 1 aromatic carbocycles. The van der Waals surface area contributed by atoms with Crippen molar-refractivity contribution in [2.24, 2.45) is 0 Å². The summed E-state index contributed by atoms with van der Waals surface area (Å²) < 4.78 is 10.6. The second-order valence-electron chi connectivity index (χ2n) is 6.86. The Balaban J connectivity index is 1.43. The Morgan fingerprint density at radius 2 is 1.87 bits per heavy atom. The fourth-order valence-corrected chi connectivity index (χ4v) is 3.05. The van der Waals surface area contributed by atoms with Gasteiger partial charge in [0.05, 0.1) is 17.8 Å². The van der Waals surface area contributed by atoms with Gasteiger partial charge in [-0.2, -0.15) is 0 Å². The van der Waals surface area contributed by atoms with Crippen molar-refractivity contribution >= 4 is 34.0 Å². The van der Waals surface area contributed by atoms with Crippen LogP contribution in [0.1, 0.15) is 5.56 Å². The topological polar surface area (TPSA) is 107 Å². The van der Waals surface area contributed by atoms with Gasteiger partial charge in [-0.3, -0.25) is 4.98 Å². The number of nitrogens with zero attached hydrogens (tertiary/aromatic N) is 3. The van der Waals surface area contributed by atoms with Crippen molar-refractivity contribution in [1.82, 2.24) is 15.0 Å². The van der Waals surface area contributed by atoms with Gasteiger partial charge in [-0.25, -0.2) is 9.97 Å². The van der Waals surface area contributed by atoms with Crippen molar-refractivity contribution < 1.29 is 9.47 Å². The van der Waals surface area contributed by atoms with E-state index in [4.69, 9.17) is 15.2 Å². The summed E-state index contributed by atoms with van der Waals surface area (Å²) >= 11 is 0. The van der Waals surface area contributed by atoms with Gasteiger partial charge in [0, 0.05) is 37.5 Å². The first kappa shape index (κ1) is 20.4. The molecule has 0 saturated carbocycles. The molecule has 0 saturated heterocycles. The second kappa shape index (κ2) is 9.73. The molecule has 0 fully saturated rings. The summed E-state index contributed by atoms with van der Waals surface area (Å²) in [5.41, 5.74) is 8.77. The van der Waals surface area contributed by atoms with E-state index in [2.05, 4.69) is 31.7 Å². The fraction of sp³-hybridized carbons (Fsp3) is 0.174. The van der Waals surface area contributed by atoms with E-state index in [0.29, 0.717) is 48.6 Å². The highest BCUT2D eigenvalue weighted by molar-refractivity contribution is 5.79. The highest BCUT2D eigenvalue weighted by atomic mass is 16.5. The molecular weight excluding hydrogens is 392 g/mol. The molecule has 8 heteroatoms. The molecule has 0 amide bonds. The molecule has 0 bridgehead atoms. The molecular formula is C23H24N6O2. The third-order valence-electron chi connectivity index (χ3n) is 4.60. The lowest BCUT2D eigenvalue weighted by Crippen LogP contribution is -2.07. The molecule has 0 atom stereocenters. The number of benzene rings is 1. The smallest absolute Gasteiger partial charge is 0.151 e. The van der Waals surface area contributed by atoms with Crippen molar-refractivity contribution in [2.75, 3.05) is 36.7 Å². The van der Waals surface area contributed by atoms with E-state index in [1.165, 1.54) is 0 Å². The Bertz CT molecular complexity index is 1170. The lowest BCUT2D eigenvalue weighted by atomic mass is 10.1. The summed E-state index contributed by atoms with van der Waals surface area (Å²) in [6, 6.07) is 17.3. The van der Waals surface area contributed by atoms with Gasteiger partial charge in [-0.15, -0.1) is 0 Å². The van der Waals surface area contributed by atoms with E-state index in [1.54, 1.807) is 31.6 Å². The number of rotatable bonds is 9. The normalized spacial score (nSPS) is 10.7. The number of hydrogen-bond acceptors (Lipinski definition) is 8. The van der Waals surface area contributed by atoms with Crippen LogP contribution >= 0.6 is 0 Å². The number of nitrogens with two attached hydrogens (primary N) is 1. The van der Waals surface area contributed by atoms with Crippen LogP contribution in [0.2, 0.25) is 0 Å². The van der Waals surface area contributed by atoms with Crippen LogP contribution in [-0.2, 0) is 11.3 Å². The molecule has 4 aromatic rings. The number of ether oxygens (including phenoxy) is 2. The van der Waals surface area contributed by atoms with Crippen LogP contribution in [-0.4, -0.2) is 35.3 Å². The van der Waals surface area contributed by atoms with E-state index < -0.39 is 0 Å². The molecule has 4 N–H and O–H groups in total. The minimum atomic E-state index is 0.471. The Kier molecular flexibility index (Phi) is 6.39. The molecule has 31 heavy (non-hydrogen) atoms. The maximum atomic E-state index is 6.12. The number of anilines is 4. The first-order valence-electron chi connectivity index (χ1n) is 9.90. The van der Waals surface area contributed by atoms with E-state index in [1.807, 2.05) is 36.4 Å². The van der Waals surface area contributed by atoms with Crippen LogP contribution in [0.15, 0.2) is 67.0 Å². The lowest BCUT2D eigenvalue weighted by molar-refractivity contribution is 0.146. The van der Waals surface area contributed by atoms with Crippen LogP contribution in [0.25, 0.3) is 10.9 Å². The minimum absolute atomic E-state index is 0.471. The molecule has 8 nitrogen and oxygen atoms in total. The predicted octanol–water partition coefficient (Wildman–Crippen LogP) is 3.99. The highest BCUT2D eigenvalue weighted by Crippen LogP contribution is 2.23. The summed E-state index contributed by atoms with van der Waals surface area (Å²) in [5.74, 6) is 2.55. The minimum Gasteiger partial charge on any atom is -0.491 e. The van der Waals surface area contributed by atoms with Crippen LogP contribution in [0.4, 0.5) is 23.1 Å². The molecule has 0 aliphatic heterocycles. The third-order valence-corrected chi connectivity index (χ3v) is 4.60. The highest BCUT2D eigenvalue weighted by Gasteiger charge is 2.06. The Hall–Kier alpha value is -3.91. The predicted molar refractivity (Wildman–Crippen MR) is 123 cm³/mol. The molecule has 0 radical (unpaired) electrons. The zero-order valence-electron chi connectivity index (χ0n) is 17.2. The Labute approximate surface area is 180 Å². The largest absolute Gasteiger partial charge is 0.491 e. The van der Waals surface area contributed by atoms with Crippen LogP contribution in [0.3, 0.4) is 0 Å². The number of hydrogen-bond donors (Lipinski definition) is 3. The van der Waals surface area contributed by atoms with Crippen molar-refractivity contribution in [3.05, 3.63) is 72.6 Å². The summed E-state index contributed by atoms with van der Waals surface area (Å²) in [5, 5.41) is 7.59. The average Bonchev–Trinajstić information content (AvgIpc) is 2.80. The molecule has 0 unspecified atom stereocenters. The van der Waals surface area contributed by atoms with Crippen molar-refractivity contribution in [2.45, 2.75) is 6.54 Å². The SMILES string of the molecule is COCCOc1ccnc(Nc2ccc(N)c(NCc3ccc4ncccc4c3)n2)c1. The number of nitrogens with one attached hydrogen (secondary N) is 2. The van der Waals surface area contributed by atoms with E-state index in [0.717, 1.165) is 16.5 Å². The van der Waals surface area contributed by atoms with Gasteiger partial charge in [0.25, 0.3) is 0 Å². The second-order valence-corrected chi connectivity index (χ2v) is 6.86. The zero-order valence-corrected chi connectivity index (χ0v) is 17.2. The van der Waals surface area contributed by atoms with Gasteiger partial charge in [-0.1, -0.05) is 12.1 Å². The first-order valence-corrected chi connectivity index (χ1v) is 9.90. The Morgan fingerprint density at radius 1 is 0.935 bits per heavy atom. The number of nitrogen functional groups attached to an aromatic ring is 1. The lowest BCUT2D eigenvalue weighted by Gasteiger charge is -2.12. The van der Waals surface area contributed by atoms with Crippen LogP contribution < -0.4 is 21.1 Å². The van der Waals surface area contributed by atoms with Crippen LogP contribution in [0.5, 0.6) is 5.75 Å². The summed E-state index contributed by atoms with van der Waals surface area (Å²) in [4.78, 5) is 13.3. The van der Waals surface area contributed by atoms with Gasteiger partial charge in [0.15, 0.2) is 5.82 Å². The number of pyridine rings is 3. The first-order chi connectivity index (χ1) is 15.2. The molecule has 4 rings (SSSR count). The van der Waals surface area contributed by atoms with E-state index in [9.17, 15) is 0 Å². The zero-order chi connectivity index (χ0) is 21.5. The number of methoxy groups -OCH3 is 1. The third kappa shape index (κ3) is 5.37. The standard InChI is InChI=1S/C23H24N6O2/c1-30-11-12-31-18-8-10-26-22(14-18)28-21-7-5-19(24)23(29-21)27-15-16-4-6-20-17(13-16)3-2-9-25-20/h2-10,13-14H,11-12,15,24H2,1H3,(H2,26,27,28,29). The number of fused-ring (bicyclic) bond motifs is 1. The molecule has 3 heterocycles. The summed E-state index contributed by atoms with van der Waals surface area (Å²) in [6.07, 6.45) is 3.47. The molecule has 158 valence electrons. The summed E-state index contributed by atoms with van der Waals surface area (Å²) in [6.45, 7) is 1.58. The monoisotopic (exact) mass is 416 g/mol. The average molecular weight is 416 g/mol. The molecule has 0 spiro atoms. The van der Waals surface area contributed by atoms with Crippen LogP contribution in [0, 0.1) is 0 Å². The van der Waals surface area contributed by atoms with Crippen molar-refractivity contribution in [3.8, 4) is 5.75 Å². The van der Waals surface area contributed by atoms with Gasteiger partial charge < -0.3 is 25.8 Å². The van der Waals surface area contributed by atoms with Gasteiger partial charge in [0.2, 0.25) is 0 Å². The maximum absolute atomic E-state index is 6.12. The van der Waals surface area contributed by atoms with Gasteiger partial charge in [0.1, 0.15) is 24.0 Å². The molecule has 0 aliphatic carbocycles. The Morgan fingerprint density at radius 3 is 2.77 bits per heavy atom. The van der Waals surface area contributed by atoms with Gasteiger partial charge >= 0.3 is 0 Å². The molecule has 3 aromatic heterocycles. The van der Waals surface area contributed by atoms with Gasteiger partial charge in [-0.05, 0) is 42.0 Å².